The Kier molecular flexibility index (Phi) is 12.5. The number of fused-ring (bicyclic) bond motifs is 1. The lowest BCUT2D eigenvalue weighted by Crippen LogP contribution is -2.48. The van der Waals surface area contributed by atoms with Crippen LogP contribution in [0.1, 0.15) is 97.5 Å². The number of hydrogen-bond acceptors (Lipinski definition) is 6. The van der Waals surface area contributed by atoms with Crippen LogP contribution >= 0.6 is 0 Å². The molecule has 3 N–H and O–H groups in total. The first-order valence-electron chi connectivity index (χ1n) is 14.7. The first-order valence-corrected chi connectivity index (χ1v) is 14.7. The molecule has 2 aliphatic rings. The van der Waals surface area contributed by atoms with Crippen LogP contribution in [0.3, 0.4) is 0 Å². The lowest BCUT2D eigenvalue weighted by Gasteiger charge is -2.27. The number of hydrogen-bond donors (Lipinski definition) is 3. The third-order valence-electron chi connectivity index (χ3n) is 7.25. The molecule has 0 radical (unpaired) electrons. The molecule has 2 fully saturated rings. The van der Waals surface area contributed by atoms with Crippen molar-refractivity contribution in [1.82, 2.24) is 5.32 Å². The third kappa shape index (κ3) is 10.4. The van der Waals surface area contributed by atoms with Crippen LogP contribution in [0.25, 0.3) is 0 Å². The Hall–Kier alpha value is -2.20. The highest BCUT2D eigenvalue weighted by atomic mass is 16.8. The van der Waals surface area contributed by atoms with E-state index in [4.69, 9.17) is 24.1 Å². The van der Waals surface area contributed by atoms with Crippen LogP contribution in [0.4, 0.5) is 10.5 Å². The highest BCUT2D eigenvalue weighted by Crippen LogP contribution is 2.40. The minimum atomic E-state index is -0.899. The number of benzene rings is 1. The van der Waals surface area contributed by atoms with E-state index < -0.39 is 24.2 Å². The van der Waals surface area contributed by atoms with Crippen molar-refractivity contribution >= 4 is 17.7 Å². The topological polar surface area (TPSA) is 115 Å². The smallest absolute Gasteiger partial charge is 0.319 e. The summed E-state index contributed by atoms with van der Waals surface area (Å²) in [6.07, 6.45) is 10.9. The van der Waals surface area contributed by atoms with Gasteiger partial charge in [-0.05, 0) is 44.9 Å². The molecule has 9 nitrogen and oxygen atoms in total. The van der Waals surface area contributed by atoms with E-state index in [-0.39, 0.29) is 30.7 Å². The fourth-order valence-electron chi connectivity index (χ4n) is 5.25. The molecule has 2 aliphatic heterocycles. The second-order valence-corrected chi connectivity index (χ2v) is 11.2. The van der Waals surface area contributed by atoms with Crippen molar-refractivity contribution in [3.05, 3.63) is 29.8 Å². The van der Waals surface area contributed by atoms with Gasteiger partial charge >= 0.3 is 12.0 Å². The molecule has 0 saturated carbocycles. The number of carbonyl (C=O) groups is 2. The van der Waals surface area contributed by atoms with Crippen LogP contribution in [0.5, 0.6) is 0 Å². The quantitative estimate of drug-likeness (QED) is 0.204. The number of aliphatic carboxylic acids is 1. The average molecular weight is 549 g/mol. The summed E-state index contributed by atoms with van der Waals surface area (Å²) in [5.74, 6) is -1.65. The van der Waals surface area contributed by atoms with E-state index in [1.807, 2.05) is 20.8 Å². The van der Waals surface area contributed by atoms with E-state index in [2.05, 4.69) is 17.6 Å². The number of carbonyl (C=O) groups excluding carboxylic acids is 1. The summed E-state index contributed by atoms with van der Waals surface area (Å²) < 4.78 is 24.6. The van der Waals surface area contributed by atoms with Gasteiger partial charge in [-0.1, -0.05) is 76.8 Å². The molecule has 0 aromatic heterocycles. The maximum atomic E-state index is 12.7. The Bertz CT molecular complexity index is 892. The van der Waals surface area contributed by atoms with Gasteiger partial charge in [0.1, 0.15) is 18.3 Å². The summed E-state index contributed by atoms with van der Waals surface area (Å²) in [6.45, 7) is 8.47. The maximum Gasteiger partial charge on any atom is 0.319 e. The number of carboxylic acid groups (broad SMARTS) is 1. The normalized spacial score (nSPS) is 24.3. The number of nitrogens with one attached hydrogen (secondary N) is 2. The predicted octanol–water partition coefficient (Wildman–Crippen LogP) is 6.01. The second kappa shape index (κ2) is 15.6. The van der Waals surface area contributed by atoms with Gasteiger partial charge in [0.25, 0.3) is 0 Å². The Balaban J connectivity index is 1.41. The van der Waals surface area contributed by atoms with Gasteiger partial charge < -0.3 is 34.7 Å². The van der Waals surface area contributed by atoms with Gasteiger partial charge in [-0.2, -0.15) is 0 Å². The molecule has 9 heteroatoms. The minimum absolute atomic E-state index is 0.0636. The van der Waals surface area contributed by atoms with Gasteiger partial charge in [-0.25, -0.2) is 4.79 Å². The molecule has 220 valence electrons. The zero-order valence-corrected chi connectivity index (χ0v) is 24.1. The summed E-state index contributed by atoms with van der Waals surface area (Å²) in [6, 6.07) is 5.96. The number of rotatable bonds is 17. The van der Waals surface area contributed by atoms with Crippen molar-refractivity contribution in [2.24, 2.45) is 0 Å². The number of carboxylic acids is 1. The Morgan fingerprint density at radius 2 is 1.54 bits per heavy atom. The number of unbranched alkanes of at least 4 members (excludes halogenated alkanes) is 9. The lowest BCUT2D eigenvalue weighted by atomic mass is 10.1. The fraction of sp³-hybridized carbons (Fsp3) is 0.733. The van der Waals surface area contributed by atoms with Crippen LogP contribution in [0, 0.1) is 0 Å². The molecule has 2 heterocycles. The standard InChI is InChI=1S/C30H48N2O7/c1-5-6-7-8-9-10-11-12-13-14-19-36-28-27-26(38-30(3,4)39-27)25(37-28)21(2)31-29(35)32-23-17-15-22(16-18-23)20-24(33)34/h15-18,21,25-28H,5-14,19-20H2,1-4H3,(H,33,34)(H2,31,32,35)/t21?,25-,26+,27+,28+/m1/s1. The Labute approximate surface area is 233 Å². The molecule has 2 amide bonds. The molecule has 0 bridgehead atoms. The first kappa shape index (κ1) is 31.3. The van der Waals surface area contributed by atoms with Crippen LogP contribution in [0.15, 0.2) is 24.3 Å². The molecule has 0 aliphatic carbocycles. The zero-order valence-electron chi connectivity index (χ0n) is 24.1. The highest BCUT2D eigenvalue weighted by Gasteiger charge is 2.57. The number of amides is 2. The van der Waals surface area contributed by atoms with Crippen molar-refractivity contribution in [3.63, 3.8) is 0 Å². The van der Waals surface area contributed by atoms with E-state index in [1.54, 1.807) is 24.3 Å². The zero-order chi connectivity index (χ0) is 28.3. The van der Waals surface area contributed by atoms with Crippen LogP contribution in [-0.2, 0) is 30.2 Å². The van der Waals surface area contributed by atoms with Gasteiger partial charge in [0, 0.05) is 12.3 Å². The summed E-state index contributed by atoms with van der Waals surface area (Å²) >= 11 is 0. The highest BCUT2D eigenvalue weighted by molar-refractivity contribution is 5.89. The van der Waals surface area contributed by atoms with E-state index in [0.717, 1.165) is 12.8 Å². The first-order chi connectivity index (χ1) is 18.7. The molecule has 5 atom stereocenters. The second-order valence-electron chi connectivity index (χ2n) is 11.2. The number of anilines is 1. The van der Waals surface area contributed by atoms with Crippen LogP contribution in [0.2, 0.25) is 0 Å². The molecular weight excluding hydrogens is 500 g/mol. The minimum Gasteiger partial charge on any atom is -0.481 e. The number of urea groups is 1. The molecule has 1 unspecified atom stereocenters. The van der Waals surface area contributed by atoms with Crippen LogP contribution in [-0.4, -0.2) is 60.1 Å². The van der Waals surface area contributed by atoms with Crippen LogP contribution < -0.4 is 10.6 Å². The van der Waals surface area contributed by atoms with Crippen molar-refractivity contribution < 1.29 is 33.6 Å². The summed E-state index contributed by atoms with van der Waals surface area (Å²) in [7, 11) is 0. The SMILES string of the molecule is CCCCCCCCCCCCO[C@H]1O[C@H](C(C)NC(=O)Nc2ccc(CC(=O)O)cc2)[C@@H]2OC(C)(C)O[C@H]12. The van der Waals surface area contributed by atoms with E-state index in [1.165, 1.54) is 51.4 Å². The van der Waals surface area contributed by atoms with Gasteiger partial charge in [-0.3, -0.25) is 4.79 Å². The molecule has 39 heavy (non-hydrogen) atoms. The maximum absolute atomic E-state index is 12.7. The molecule has 0 spiro atoms. The van der Waals surface area contributed by atoms with E-state index >= 15 is 0 Å². The van der Waals surface area contributed by atoms with Crippen molar-refractivity contribution in [2.45, 2.75) is 135 Å². The molecule has 2 saturated heterocycles. The van der Waals surface area contributed by atoms with E-state index in [9.17, 15) is 9.59 Å². The molecule has 3 rings (SSSR count). The predicted molar refractivity (Wildman–Crippen MR) is 150 cm³/mol. The Morgan fingerprint density at radius 1 is 0.949 bits per heavy atom. The molecule has 1 aromatic carbocycles. The fourth-order valence-corrected chi connectivity index (χ4v) is 5.25. The van der Waals surface area contributed by atoms with Crippen molar-refractivity contribution in [2.75, 3.05) is 11.9 Å². The summed E-state index contributed by atoms with van der Waals surface area (Å²) in [4.78, 5) is 23.5. The number of ether oxygens (including phenoxy) is 4. The largest absolute Gasteiger partial charge is 0.481 e. The van der Waals surface area contributed by atoms with E-state index in [0.29, 0.717) is 17.9 Å². The van der Waals surface area contributed by atoms with Gasteiger partial charge in [0.2, 0.25) is 0 Å². The molecular formula is C30H48N2O7. The summed E-state index contributed by atoms with van der Waals surface area (Å²) in [5, 5.41) is 14.6. The van der Waals surface area contributed by atoms with Gasteiger partial charge in [0.05, 0.1) is 12.5 Å². The monoisotopic (exact) mass is 548 g/mol. The Morgan fingerprint density at radius 3 is 2.15 bits per heavy atom. The van der Waals surface area contributed by atoms with Crippen molar-refractivity contribution in [3.8, 4) is 0 Å². The third-order valence-corrected chi connectivity index (χ3v) is 7.25. The molecule has 1 aromatic rings. The van der Waals surface area contributed by atoms with Gasteiger partial charge in [0.15, 0.2) is 12.1 Å². The van der Waals surface area contributed by atoms with Crippen molar-refractivity contribution in [1.29, 1.82) is 0 Å². The lowest BCUT2D eigenvalue weighted by molar-refractivity contribution is -0.235. The van der Waals surface area contributed by atoms with Gasteiger partial charge in [-0.15, -0.1) is 0 Å². The summed E-state index contributed by atoms with van der Waals surface area (Å²) in [5.41, 5.74) is 1.23. The average Bonchev–Trinajstić information content (AvgIpc) is 3.36.